The Bertz CT molecular complexity index is 649. The van der Waals surface area contributed by atoms with Gasteiger partial charge in [0.2, 0.25) is 10.0 Å². The predicted molar refractivity (Wildman–Crippen MR) is 84.5 cm³/mol. The number of sulfonamides is 1. The van der Waals surface area contributed by atoms with Gasteiger partial charge in [0.05, 0.1) is 17.6 Å². The lowest BCUT2D eigenvalue weighted by molar-refractivity contribution is -0.0222. The summed E-state index contributed by atoms with van der Waals surface area (Å²) in [7, 11) is -1.53. The van der Waals surface area contributed by atoms with Gasteiger partial charge < -0.3 is 19.1 Å². The molecule has 7 nitrogen and oxygen atoms in total. The Labute approximate surface area is 136 Å². The molecule has 0 bridgehead atoms. The predicted octanol–water partition coefficient (Wildman–Crippen LogP) is 0.457. The van der Waals surface area contributed by atoms with Crippen molar-refractivity contribution in [1.29, 1.82) is 0 Å². The smallest absolute Gasteiger partial charge is 0.240 e. The quantitative estimate of drug-likeness (QED) is 0.838. The van der Waals surface area contributed by atoms with Crippen LogP contribution < -0.4 is 14.2 Å². The molecule has 2 aliphatic rings. The molecule has 1 saturated heterocycles. The van der Waals surface area contributed by atoms with Crippen molar-refractivity contribution < 1.29 is 22.6 Å². The number of likely N-dealkylation sites (N-methyl/N-ethyl adjacent to an activating group) is 1. The van der Waals surface area contributed by atoms with Gasteiger partial charge in [-0.2, -0.15) is 0 Å². The van der Waals surface area contributed by atoms with Crippen LogP contribution in [0, 0.1) is 0 Å². The maximum Gasteiger partial charge on any atom is 0.240 e. The van der Waals surface area contributed by atoms with Crippen molar-refractivity contribution in [3.63, 3.8) is 0 Å². The summed E-state index contributed by atoms with van der Waals surface area (Å²) in [5, 5.41) is 0. The van der Waals surface area contributed by atoms with Crippen molar-refractivity contribution in [2.24, 2.45) is 0 Å². The number of fused-ring (bicyclic) bond motifs is 1. The highest BCUT2D eigenvalue weighted by Crippen LogP contribution is 2.32. The standard InChI is InChI=1S/C15H22N2O5S/c1-17-6-7-20-12(11-17)4-5-16-23(18,19)13-2-3-14-15(10-13)22-9-8-21-14/h2-3,10,12,16H,4-9,11H2,1H3. The number of nitrogens with zero attached hydrogens (tertiary/aromatic N) is 1. The fourth-order valence-corrected chi connectivity index (χ4v) is 3.73. The third-order valence-corrected chi connectivity index (χ3v) is 5.38. The van der Waals surface area contributed by atoms with Gasteiger partial charge >= 0.3 is 0 Å². The second-order valence-electron chi connectivity index (χ2n) is 5.75. The van der Waals surface area contributed by atoms with Gasteiger partial charge in [0.15, 0.2) is 11.5 Å². The van der Waals surface area contributed by atoms with Crippen LogP contribution in [0.2, 0.25) is 0 Å². The van der Waals surface area contributed by atoms with Gasteiger partial charge in [0, 0.05) is 25.7 Å². The Morgan fingerprint density at radius 3 is 2.78 bits per heavy atom. The number of nitrogens with one attached hydrogen (secondary N) is 1. The summed E-state index contributed by atoms with van der Waals surface area (Å²) in [4.78, 5) is 2.37. The second kappa shape index (κ2) is 7.04. The molecule has 8 heteroatoms. The highest BCUT2D eigenvalue weighted by molar-refractivity contribution is 7.89. The van der Waals surface area contributed by atoms with Gasteiger partial charge in [0.1, 0.15) is 13.2 Å². The third kappa shape index (κ3) is 4.14. The van der Waals surface area contributed by atoms with Crippen molar-refractivity contribution in [2.75, 3.05) is 46.5 Å². The van der Waals surface area contributed by atoms with Crippen LogP contribution in [-0.2, 0) is 14.8 Å². The lowest BCUT2D eigenvalue weighted by Gasteiger charge is -2.30. The van der Waals surface area contributed by atoms with E-state index >= 15 is 0 Å². The van der Waals surface area contributed by atoms with Crippen LogP contribution in [0.1, 0.15) is 6.42 Å². The highest BCUT2D eigenvalue weighted by atomic mass is 32.2. The van der Waals surface area contributed by atoms with E-state index in [2.05, 4.69) is 9.62 Å². The highest BCUT2D eigenvalue weighted by Gasteiger charge is 2.21. The summed E-state index contributed by atoms with van der Waals surface area (Å²) in [5.41, 5.74) is 0. The Morgan fingerprint density at radius 2 is 2.00 bits per heavy atom. The SMILES string of the molecule is CN1CCOC(CCNS(=O)(=O)c2ccc3c(c2)OCCO3)C1. The molecular weight excluding hydrogens is 320 g/mol. The molecule has 0 aliphatic carbocycles. The second-order valence-corrected chi connectivity index (χ2v) is 7.51. The van der Waals surface area contributed by atoms with E-state index in [1.807, 2.05) is 7.05 Å². The Morgan fingerprint density at radius 1 is 1.22 bits per heavy atom. The zero-order valence-electron chi connectivity index (χ0n) is 13.2. The third-order valence-electron chi connectivity index (χ3n) is 3.92. The van der Waals surface area contributed by atoms with Crippen LogP contribution in [-0.4, -0.2) is 65.9 Å². The number of hydrogen-bond acceptors (Lipinski definition) is 6. The van der Waals surface area contributed by atoms with Crippen LogP contribution >= 0.6 is 0 Å². The number of ether oxygens (including phenoxy) is 3. The normalized spacial score (nSPS) is 22.0. The van der Waals surface area contributed by atoms with E-state index in [1.165, 1.54) is 12.1 Å². The zero-order chi connectivity index (χ0) is 16.3. The average Bonchev–Trinajstić information content (AvgIpc) is 2.54. The van der Waals surface area contributed by atoms with Gasteiger partial charge in [-0.1, -0.05) is 0 Å². The summed E-state index contributed by atoms with van der Waals surface area (Å²) in [5.74, 6) is 1.05. The molecule has 23 heavy (non-hydrogen) atoms. The zero-order valence-corrected chi connectivity index (χ0v) is 14.0. The lowest BCUT2D eigenvalue weighted by atomic mass is 10.2. The van der Waals surface area contributed by atoms with E-state index < -0.39 is 10.0 Å². The van der Waals surface area contributed by atoms with Crippen LogP contribution in [0.4, 0.5) is 0 Å². The summed E-state index contributed by atoms with van der Waals surface area (Å²) in [6.45, 7) is 3.68. The van der Waals surface area contributed by atoms with Crippen molar-refractivity contribution in [3.8, 4) is 11.5 Å². The minimum atomic E-state index is -3.56. The first-order chi connectivity index (χ1) is 11.0. The van der Waals surface area contributed by atoms with E-state index in [9.17, 15) is 8.42 Å². The lowest BCUT2D eigenvalue weighted by Crippen LogP contribution is -2.41. The fourth-order valence-electron chi connectivity index (χ4n) is 2.67. The van der Waals surface area contributed by atoms with Gasteiger partial charge in [-0.25, -0.2) is 13.1 Å². The number of benzene rings is 1. The molecule has 1 unspecified atom stereocenters. The molecule has 1 aromatic rings. The molecule has 0 spiro atoms. The monoisotopic (exact) mass is 342 g/mol. The molecule has 0 radical (unpaired) electrons. The topological polar surface area (TPSA) is 77.1 Å². The van der Waals surface area contributed by atoms with Crippen LogP contribution in [0.25, 0.3) is 0 Å². The summed E-state index contributed by atoms with van der Waals surface area (Å²) >= 11 is 0. The van der Waals surface area contributed by atoms with E-state index in [0.717, 1.165) is 13.1 Å². The first-order valence-corrected chi connectivity index (χ1v) is 9.22. The van der Waals surface area contributed by atoms with Crippen molar-refractivity contribution >= 4 is 10.0 Å². The van der Waals surface area contributed by atoms with Gasteiger partial charge in [-0.3, -0.25) is 0 Å². The van der Waals surface area contributed by atoms with Crippen LogP contribution in [0.3, 0.4) is 0 Å². The van der Waals surface area contributed by atoms with E-state index in [1.54, 1.807) is 6.07 Å². The molecule has 3 rings (SSSR count). The fraction of sp³-hybridized carbons (Fsp3) is 0.600. The van der Waals surface area contributed by atoms with E-state index in [-0.39, 0.29) is 11.0 Å². The maximum atomic E-state index is 12.4. The van der Waals surface area contributed by atoms with E-state index in [4.69, 9.17) is 14.2 Å². The Hall–Kier alpha value is -1.35. The van der Waals surface area contributed by atoms with Crippen LogP contribution in [0.5, 0.6) is 11.5 Å². The van der Waals surface area contributed by atoms with Gasteiger partial charge in [-0.05, 0) is 25.6 Å². The number of hydrogen-bond donors (Lipinski definition) is 1. The molecule has 1 atom stereocenters. The summed E-state index contributed by atoms with van der Waals surface area (Å²) in [6, 6.07) is 4.66. The molecule has 1 aromatic carbocycles. The Balaban J connectivity index is 1.58. The molecule has 2 heterocycles. The molecule has 0 aromatic heterocycles. The van der Waals surface area contributed by atoms with Crippen molar-refractivity contribution in [2.45, 2.75) is 17.4 Å². The molecule has 1 N–H and O–H groups in total. The first kappa shape index (κ1) is 16.5. The minimum absolute atomic E-state index is 0.0664. The van der Waals surface area contributed by atoms with Gasteiger partial charge in [-0.15, -0.1) is 0 Å². The van der Waals surface area contributed by atoms with Crippen LogP contribution in [0.15, 0.2) is 23.1 Å². The summed E-state index contributed by atoms with van der Waals surface area (Å²) in [6.07, 6.45) is 0.713. The first-order valence-electron chi connectivity index (χ1n) is 7.74. The van der Waals surface area contributed by atoms with Crippen molar-refractivity contribution in [1.82, 2.24) is 9.62 Å². The number of rotatable bonds is 5. The molecule has 2 aliphatic heterocycles. The average molecular weight is 342 g/mol. The number of morpholine rings is 1. The summed E-state index contributed by atoms with van der Waals surface area (Å²) < 4.78 is 43.8. The maximum absolute atomic E-state index is 12.4. The Kier molecular flexibility index (Phi) is 5.05. The minimum Gasteiger partial charge on any atom is -0.486 e. The molecule has 1 fully saturated rings. The molecule has 128 valence electrons. The molecular formula is C15H22N2O5S. The largest absolute Gasteiger partial charge is 0.486 e. The molecule has 0 saturated carbocycles. The van der Waals surface area contributed by atoms with Crippen molar-refractivity contribution in [3.05, 3.63) is 18.2 Å². The van der Waals surface area contributed by atoms with Gasteiger partial charge in [0.25, 0.3) is 0 Å². The molecule has 0 amide bonds. The van der Waals surface area contributed by atoms with E-state index in [0.29, 0.717) is 44.3 Å².